The Kier molecular flexibility index (Phi) is 5.96. The van der Waals surface area contributed by atoms with Gasteiger partial charge >= 0.3 is 0 Å². The number of aromatic nitrogens is 1. The Morgan fingerprint density at radius 1 is 1.26 bits per heavy atom. The third-order valence-electron chi connectivity index (χ3n) is 2.65. The van der Waals surface area contributed by atoms with Crippen LogP contribution in [0.1, 0.15) is 50.2 Å². The van der Waals surface area contributed by atoms with Gasteiger partial charge in [0, 0.05) is 23.5 Å². The fourth-order valence-electron chi connectivity index (χ4n) is 1.80. The van der Waals surface area contributed by atoms with Gasteiger partial charge in [-0.25, -0.2) is 4.98 Å². The first-order chi connectivity index (χ1) is 8.67. The quantitative estimate of drug-likeness (QED) is 0.868. The maximum absolute atomic E-state index is 4.83. The van der Waals surface area contributed by atoms with Crippen molar-refractivity contribution in [1.82, 2.24) is 15.2 Å². The van der Waals surface area contributed by atoms with Crippen LogP contribution >= 0.6 is 11.3 Å². The minimum absolute atomic E-state index is 0.154. The van der Waals surface area contributed by atoms with E-state index in [4.69, 9.17) is 4.98 Å². The first kappa shape index (κ1) is 16.6. The van der Waals surface area contributed by atoms with Crippen molar-refractivity contribution >= 4 is 11.3 Å². The van der Waals surface area contributed by atoms with E-state index in [-0.39, 0.29) is 5.54 Å². The maximum Gasteiger partial charge on any atom is 0.107 e. The second kappa shape index (κ2) is 6.82. The molecule has 0 aliphatic carbocycles. The van der Waals surface area contributed by atoms with Gasteiger partial charge in [-0.05, 0) is 47.2 Å². The van der Waals surface area contributed by atoms with E-state index in [1.807, 2.05) is 11.3 Å². The van der Waals surface area contributed by atoms with Crippen LogP contribution in [-0.4, -0.2) is 29.5 Å². The summed E-state index contributed by atoms with van der Waals surface area (Å²) < 4.78 is 0. The van der Waals surface area contributed by atoms with Gasteiger partial charge in [-0.3, -0.25) is 0 Å². The second-order valence-corrected chi connectivity index (χ2v) is 8.08. The highest BCUT2D eigenvalue weighted by molar-refractivity contribution is 7.11. The standard InChI is InChI=1S/C15H29N3S/c1-11(2)8-12-13(9-16-15(3,4)5)19-14(17-12)10-18(6)7/h11,16H,8-10H2,1-7H3. The molecule has 1 N–H and O–H groups in total. The summed E-state index contributed by atoms with van der Waals surface area (Å²) in [6.45, 7) is 13.0. The van der Waals surface area contributed by atoms with Gasteiger partial charge < -0.3 is 10.2 Å². The highest BCUT2D eigenvalue weighted by atomic mass is 32.1. The third kappa shape index (κ3) is 6.50. The van der Waals surface area contributed by atoms with Gasteiger partial charge in [-0.1, -0.05) is 13.8 Å². The largest absolute Gasteiger partial charge is 0.307 e. The Morgan fingerprint density at radius 3 is 2.37 bits per heavy atom. The molecular formula is C15H29N3S. The molecule has 1 heterocycles. The van der Waals surface area contributed by atoms with Crippen LogP contribution in [-0.2, 0) is 19.5 Å². The van der Waals surface area contributed by atoms with Gasteiger partial charge in [-0.2, -0.15) is 0 Å². The lowest BCUT2D eigenvalue weighted by Crippen LogP contribution is -2.35. The summed E-state index contributed by atoms with van der Waals surface area (Å²) in [5.74, 6) is 0.655. The molecule has 0 saturated heterocycles. The second-order valence-electron chi connectivity index (χ2n) is 6.92. The summed E-state index contributed by atoms with van der Waals surface area (Å²) >= 11 is 1.86. The normalized spacial score (nSPS) is 12.7. The molecule has 1 rings (SSSR count). The summed E-state index contributed by atoms with van der Waals surface area (Å²) in [5, 5.41) is 4.80. The average Bonchev–Trinajstić information content (AvgIpc) is 2.54. The average molecular weight is 283 g/mol. The van der Waals surface area contributed by atoms with Crippen molar-refractivity contribution in [1.29, 1.82) is 0 Å². The van der Waals surface area contributed by atoms with E-state index in [2.05, 4.69) is 58.9 Å². The Balaban J connectivity index is 2.82. The Bertz CT molecular complexity index is 389. The monoisotopic (exact) mass is 283 g/mol. The molecule has 0 fully saturated rings. The number of hydrogen-bond donors (Lipinski definition) is 1. The maximum atomic E-state index is 4.83. The van der Waals surface area contributed by atoms with E-state index in [1.54, 1.807) is 0 Å². The number of hydrogen-bond acceptors (Lipinski definition) is 4. The lowest BCUT2D eigenvalue weighted by atomic mass is 10.1. The highest BCUT2D eigenvalue weighted by Crippen LogP contribution is 2.23. The van der Waals surface area contributed by atoms with Gasteiger partial charge in [0.2, 0.25) is 0 Å². The van der Waals surface area contributed by atoms with Crippen molar-refractivity contribution in [2.45, 2.75) is 59.7 Å². The number of nitrogens with zero attached hydrogens (tertiary/aromatic N) is 2. The Labute approximate surface area is 122 Å². The first-order valence-corrected chi connectivity index (χ1v) is 7.86. The molecule has 1 aromatic heterocycles. The van der Waals surface area contributed by atoms with Crippen LogP contribution in [0.2, 0.25) is 0 Å². The van der Waals surface area contributed by atoms with Crippen molar-refractivity contribution in [3.8, 4) is 0 Å². The van der Waals surface area contributed by atoms with Crippen molar-refractivity contribution < 1.29 is 0 Å². The van der Waals surface area contributed by atoms with Gasteiger partial charge in [0.05, 0.1) is 5.69 Å². The molecule has 0 aliphatic rings. The number of thiazole rings is 1. The molecule has 0 spiro atoms. The van der Waals surface area contributed by atoms with Gasteiger partial charge in [-0.15, -0.1) is 11.3 Å². The minimum atomic E-state index is 0.154. The molecule has 0 radical (unpaired) electrons. The predicted octanol–water partition coefficient (Wildman–Crippen LogP) is 3.29. The summed E-state index contributed by atoms with van der Waals surface area (Å²) in [7, 11) is 4.19. The van der Waals surface area contributed by atoms with Crippen LogP contribution in [0.4, 0.5) is 0 Å². The first-order valence-electron chi connectivity index (χ1n) is 7.04. The van der Waals surface area contributed by atoms with Gasteiger partial charge in [0.1, 0.15) is 5.01 Å². The summed E-state index contributed by atoms with van der Waals surface area (Å²) in [6, 6.07) is 0. The van der Waals surface area contributed by atoms with Crippen molar-refractivity contribution in [2.24, 2.45) is 5.92 Å². The third-order valence-corrected chi connectivity index (χ3v) is 3.74. The SMILES string of the molecule is CC(C)Cc1nc(CN(C)C)sc1CNC(C)(C)C. The summed E-state index contributed by atoms with van der Waals surface area (Å²) in [4.78, 5) is 8.41. The van der Waals surface area contributed by atoms with Crippen LogP contribution in [0.3, 0.4) is 0 Å². The zero-order chi connectivity index (χ0) is 14.6. The predicted molar refractivity (Wildman–Crippen MR) is 84.6 cm³/mol. The van der Waals surface area contributed by atoms with E-state index in [0.29, 0.717) is 5.92 Å². The molecular weight excluding hydrogens is 254 g/mol. The van der Waals surface area contributed by atoms with Crippen molar-refractivity contribution in [3.05, 3.63) is 15.6 Å². The van der Waals surface area contributed by atoms with Crippen molar-refractivity contribution in [3.63, 3.8) is 0 Å². The lowest BCUT2D eigenvalue weighted by molar-refractivity contribution is 0.401. The smallest absolute Gasteiger partial charge is 0.107 e. The van der Waals surface area contributed by atoms with E-state index in [9.17, 15) is 0 Å². The Hall–Kier alpha value is -0.450. The van der Waals surface area contributed by atoms with E-state index >= 15 is 0 Å². The molecule has 0 unspecified atom stereocenters. The molecule has 0 amide bonds. The molecule has 4 heteroatoms. The zero-order valence-electron chi connectivity index (χ0n) is 13.5. The van der Waals surface area contributed by atoms with Crippen LogP contribution in [0.5, 0.6) is 0 Å². The van der Waals surface area contributed by atoms with Crippen LogP contribution < -0.4 is 5.32 Å². The van der Waals surface area contributed by atoms with Crippen molar-refractivity contribution in [2.75, 3.05) is 14.1 Å². The van der Waals surface area contributed by atoms with Crippen LogP contribution in [0, 0.1) is 5.92 Å². The number of rotatable bonds is 6. The van der Waals surface area contributed by atoms with Gasteiger partial charge in [0.25, 0.3) is 0 Å². The number of nitrogens with one attached hydrogen (secondary N) is 1. The Morgan fingerprint density at radius 2 is 1.89 bits per heavy atom. The highest BCUT2D eigenvalue weighted by Gasteiger charge is 2.15. The van der Waals surface area contributed by atoms with E-state index in [1.165, 1.54) is 15.6 Å². The molecule has 0 aliphatic heterocycles. The minimum Gasteiger partial charge on any atom is -0.307 e. The molecule has 0 bridgehead atoms. The van der Waals surface area contributed by atoms with Gasteiger partial charge in [0.15, 0.2) is 0 Å². The lowest BCUT2D eigenvalue weighted by Gasteiger charge is -2.20. The fourth-order valence-corrected chi connectivity index (χ4v) is 2.96. The molecule has 0 aromatic carbocycles. The van der Waals surface area contributed by atoms with Crippen LogP contribution in [0.25, 0.3) is 0 Å². The molecule has 0 saturated carbocycles. The summed E-state index contributed by atoms with van der Waals surface area (Å²) in [5.41, 5.74) is 1.44. The molecule has 19 heavy (non-hydrogen) atoms. The molecule has 0 atom stereocenters. The molecule has 110 valence electrons. The zero-order valence-corrected chi connectivity index (χ0v) is 14.3. The van der Waals surface area contributed by atoms with E-state index < -0.39 is 0 Å². The van der Waals surface area contributed by atoms with E-state index in [0.717, 1.165) is 19.5 Å². The molecule has 1 aromatic rings. The molecule has 3 nitrogen and oxygen atoms in total. The topological polar surface area (TPSA) is 28.2 Å². The summed E-state index contributed by atoms with van der Waals surface area (Å²) in [6.07, 6.45) is 1.07. The fraction of sp³-hybridized carbons (Fsp3) is 0.800. The van der Waals surface area contributed by atoms with Crippen LogP contribution in [0.15, 0.2) is 0 Å².